The van der Waals surface area contributed by atoms with Gasteiger partial charge in [-0.1, -0.05) is 50.4 Å². The van der Waals surface area contributed by atoms with Crippen molar-refractivity contribution >= 4 is 17.9 Å². The zero-order chi connectivity index (χ0) is 30.6. The molecule has 0 aliphatic heterocycles. The molecular weight excluding hydrogens is 536 g/mol. The molecule has 0 radical (unpaired) electrons. The van der Waals surface area contributed by atoms with E-state index >= 15 is 0 Å². The molecule has 0 N–H and O–H groups in total. The van der Waals surface area contributed by atoms with Gasteiger partial charge in [-0.2, -0.15) is 0 Å². The maximum atomic E-state index is 12.6. The molecule has 0 atom stereocenters. The summed E-state index contributed by atoms with van der Waals surface area (Å²) in [5.41, 5.74) is 5.66. The Kier molecular flexibility index (Phi) is 11.6. The first-order valence-corrected chi connectivity index (χ1v) is 13.5. The molecule has 0 unspecified atom stereocenters. The lowest BCUT2D eigenvalue weighted by atomic mass is 9.92. The van der Waals surface area contributed by atoms with Gasteiger partial charge in [0.15, 0.2) is 0 Å². The van der Waals surface area contributed by atoms with E-state index in [2.05, 4.69) is 26.1 Å². The Balaban J connectivity index is 1.90. The van der Waals surface area contributed by atoms with Crippen molar-refractivity contribution in [3.8, 4) is 33.8 Å². The highest BCUT2D eigenvalue weighted by Crippen LogP contribution is 2.36. The Hall–Kier alpha value is -4.69. The Morgan fingerprint density at radius 3 is 2.00 bits per heavy atom. The number of hydrogen-bond acceptors (Lipinski definition) is 8. The molecule has 8 nitrogen and oxygen atoms in total. The van der Waals surface area contributed by atoms with Crippen LogP contribution >= 0.6 is 0 Å². The lowest BCUT2D eigenvalue weighted by molar-refractivity contribution is -0.139. The minimum absolute atomic E-state index is 0.0187. The summed E-state index contributed by atoms with van der Waals surface area (Å²) in [4.78, 5) is 36.2. The topological polar surface area (TPSA) is 97.4 Å². The summed E-state index contributed by atoms with van der Waals surface area (Å²) in [5.74, 6) is -0.577. The molecule has 3 aromatic carbocycles. The van der Waals surface area contributed by atoms with Crippen molar-refractivity contribution in [2.24, 2.45) is 0 Å². The highest BCUT2D eigenvalue weighted by atomic mass is 16.6. The number of benzene rings is 3. The van der Waals surface area contributed by atoms with E-state index < -0.39 is 17.9 Å². The van der Waals surface area contributed by atoms with E-state index in [1.807, 2.05) is 30.3 Å². The first kappa shape index (κ1) is 31.8. The number of rotatable bonds is 14. The van der Waals surface area contributed by atoms with Crippen LogP contribution in [-0.2, 0) is 30.2 Å². The molecule has 42 heavy (non-hydrogen) atoms. The minimum atomic E-state index is -0.500. The number of carbonyl (C=O) groups is 3. The second-order valence-corrected chi connectivity index (χ2v) is 9.52. The average molecular weight is 573 g/mol. The highest BCUT2D eigenvalue weighted by Gasteiger charge is 2.17. The van der Waals surface area contributed by atoms with Crippen molar-refractivity contribution in [1.82, 2.24) is 0 Å². The van der Waals surface area contributed by atoms with Gasteiger partial charge < -0.3 is 23.7 Å². The molecule has 0 aromatic heterocycles. The molecule has 0 spiro atoms. The average Bonchev–Trinajstić information content (AvgIpc) is 2.99. The number of ether oxygens (including phenoxy) is 5. The number of methoxy groups -OCH3 is 1. The number of carbonyl (C=O) groups excluding carboxylic acids is 3. The molecule has 220 valence electrons. The third-order valence-corrected chi connectivity index (χ3v) is 6.18. The van der Waals surface area contributed by atoms with Gasteiger partial charge in [0.1, 0.15) is 31.3 Å². The van der Waals surface area contributed by atoms with Gasteiger partial charge in [0.05, 0.1) is 12.2 Å². The van der Waals surface area contributed by atoms with Crippen molar-refractivity contribution < 1.29 is 38.1 Å². The molecule has 0 heterocycles. The van der Waals surface area contributed by atoms with Gasteiger partial charge in [0, 0.05) is 23.8 Å². The van der Waals surface area contributed by atoms with Crippen LogP contribution in [0.4, 0.5) is 0 Å². The highest BCUT2D eigenvalue weighted by molar-refractivity contribution is 5.92. The predicted molar refractivity (Wildman–Crippen MR) is 161 cm³/mol. The van der Waals surface area contributed by atoms with Gasteiger partial charge in [0.25, 0.3) is 0 Å². The molecule has 0 aliphatic rings. The van der Waals surface area contributed by atoms with Crippen molar-refractivity contribution in [3.05, 3.63) is 96.1 Å². The fourth-order valence-corrected chi connectivity index (χ4v) is 3.94. The molecular formula is C34H36O8. The first-order chi connectivity index (χ1) is 20.1. The summed E-state index contributed by atoms with van der Waals surface area (Å²) < 4.78 is 26.7. The van der Waals surface area contributed by atoms with E-state index in [1.54, 1.807) is 38.1 Å². The Morgan fingerprint density at radius 2 is 1.36 bits per heavy atom. The van der Waals surface area contributed by atoms with E-state index in [-0.39, 0.29) is 26.4 Å². The predicted octanol–water partition coefficient (Wildman–Crippen LogP) is 6.37. The fraction of sp³-hybridized carbons (Fsp3) is 0.265. The lowest BCUT2D eigenvalue weighted by Crippen LogP contribution is -2.13. The standard InChI is InChI=1S/C34H36O8/c1-7-24-20-26(25-8-12-28(13-9-25)42-33(36)23(4)5)10-14-29(24)30-15-11-27(34(37)41-17-16-38-6)21-31(30)39-18-19-40-32(35)22(2)3/h8-15,20-21H,2,4,7,16-19H2,1,3,5-6H3. The van der Waals surface area contributed by atoms with Crippen LogP contribution in [0.1, 0.15) is 36.7 Å². The van der Waals surface area contributed by atoms with Gasteiger partial charge in [-0.05, 0) is 72.9 Å². The van der Waals surface area contributed by atoms with E-state index in [9.17, 15) is 14.4 Å². The van der Waals surface area contributed by atoms with Gasteiger partial charge in [-0.15, -0.1) is 0 Å². The van der Waals surface area contributed by atoms with Gasteiger partial charge in [0.2, 0.25) is 0 Å². The molecule has 0 fully saturated rings. The molecule has 3 rings (SSSR count). The summed E-state index contributed by atoms with van der Waals surface area (Å²) in [7, 11) is 1.53. The summed E-state index contributed by atoms with van der Waals surface area (Å²) >= 11 is 0. The molecule has 0 bridgehead atoms. The number of hydrogen-bond donors (Lipinski definition) is 0. The minimum Gasteiger partial charge on any atom is -0.489 e. The fourth-order valence-electron chi connectivity index (χ4n) is 3.94. The molecule has 0 saturated carbocycles. The SMILES string of the molecule is C=C(C)C(=O)OCCOc1cc(C(=O)OCCOC)ccc1-c1ccc(-c2ccc(OC(=O)C(=C)C)cc2)cc1CC. The zero-order valence-electron chi connectivity index (χ0n) is 24.5. The molecule has 3 aromatic rings. The quantitative estimate of drug-likeness (QED) is 0.0952. The van der Waals surface area contributed by atoms with E-state index in [1.165, 1.54) is 7.11 Å². The van der Waals surface area contributed by atoms with Crippen molar-refractivity contribution in [3.63, 3.8) is 0 Å². The second kappa shape index (κ2) is 15.3. The summed E-state index contributed by atoms with van der Waals surface area (Å²) in [6.45, 7) is 12.9. The first-order valence-electron chi connectivity index (χ1n) is 13.5. The van der Waals surface area contributed by atoms with Crippen LogP contribution in [-0.4, -0.2) is 51.4 Å². The van der Waals surface area contributed by atoms with E-state index in [0.29, 0.717) is 28.2 Å². The normalized spacial score (nSPS) is 10.5. The largest absolute Gasteiger partial charge is 0.489 e. The van der Waals surface area contributed by atoms with Crippen molar-refractivity contribution in [2.75, 3.05) is 33.5 Å². The number of aryl methyl sites for hydroxylation is 1. The Bertz CT molecular complexity index is 1450. The van der Waals surface area contributed by atoms with Crippen LogP contribution in [0.5, 0.6) is 11.5 Å². The third-order valence-electron chi connectivity index (χ3n) is 6.18. The van der Waals surface area contributed by atoms with Crippen LogP contribution in [0.3, 0.4) is 0 Å². The van der Waals surface area contributed by atoms with Gasteiger partial charge >= 0.3 is 17.9 Å². The Labute approximate surface area is 246 Å². The van der Waals surface area contributed by atoms with Crippen LogP contribution in [0.25, 0.3) is 22.3 Å². The van der Waals surface area contributed by atoms with Crippen LogP contribution in [0.15, 0.2) is 85.0 Å². The van der Waals surface area contributed by atoms with E-state index in [4.69, 9.17) is 23.7 Å². The zero-order valence-corrected chi connectivity index (χ0v) is 24.5. The van der Waals surface area contributed by atoms with Gasteiger partial charge in [-0.3, -0.25) is 0 Å². The maximum absolute atomic E-state index is 12.6. The summed E-state index contributed by atoms with van der Waals surface area (Å²) in [6.07, 6.45) is 0.730. The smallest absolute Gasteiger partial charge is 0.338 e. The van der Waals surface area contributed by atoms with Crippen molar-refractivity contribution in [1.29, 1.82) is 0 Å². The summed E-state index contributed by atoms with van der Waals surface area (Å²) in [6, 6.07) is 18.5. The maximum Gasteiger partial charge on any atom is 0.338 e. The van der Waals surface area contributed by atoms with Crippen LogP contribution in [0.2, 0.25) is 0 Å². The Morgan fingerprint density at radius 1 is 0.714 bits per heavy atom. The third kappa shape index (κ3) is 8.65. The summed E-state index contributed by atoms with van der Waals surface area (Å²) in [5, 5.41) is 0. The lowest BCUT2D eigenvalue weighted by Gasteiger charge is -2.17. The van der Waals surface area contributed by atoms with E-state index in [0.717, 1.165) is 34.2 Å². The number of esters is 3. The second-order valence-electron chi connectivity index (χ2n) is 9.52. The molecule has 0 aliphatic carbocycles. The monoisotopic (exact) mass is 572 g/mol. The molecule has 8 heteroatoms. The molecule has 0 amide bonds. The van der Waals surface area contributed by atoms with Crippen LogP contribution < -0.4 is 9.47 Å². The van der Waals surface area contributed by atoms with Crippen LogP contribution in [0, 0.1) is 0 Å². The van der Waals surface area contributed by atoms with Gasteiger partial charge in [-0.25, -0.2) is 14.4 Å². The molecule has 0 saturated heterocycles. The van der Waals surface area contributed by atoms with Crippen molar-refractivity contribution in [2.45, 2.75) is 27.2 Å².